The molecular weight excluding hydrogens is 305 g/mol. The second-order valence-electron chi connectivity index (χ2n) is 3.50. The molecule has 0 aliphatic rings. The molecule has 15 heavy (non-hydrogen) atoms. The van der Waals surface area contributed by atoms with E-state index in [2.05, 4.69) is 16.9 Å². The van der Waals surface area contributed by atoms with Gasteiger partial charge < -0.3 is 9.88 Å². The fourth-order valence-electron chi connectivity index (χ4n) is 1.34. The van der Waals surface area contributed by atoms with Crippen molar-refractivity contribution < 1.29 is 0 Å². The summed E-state index contributed by atoms with van der Waals surface area (Å²) in [6, 6.07) is 0. The van der Waals surface area contributed by atoms with Crippen molar-refractivity contribution in [3.05, 3.63) is 20.3 Å². The average molecular weight is 321 g/mol. The Morgan fingerprint density at radius 3 is 2.93 bits per heavy atom. The third-order valence-electron chi connectivity index (χ3n) is 2.24. The molecule has 84 valence electrons. The summed E-state index contributed by atoms with van der Waals surface area (Å²) in [6.45, 7) is 3.12. The number of aromatic amines is 1. The molecule has 0 aliphatic carbocycles. The number of nitrogens with one attached hydrogen (secondary N) is 1. The molecule has 0 bridgehead atoms. The molecule has 1 aromatic heterocycles. The van der Waals surface area contributed by atoms with Crippen LogP contribution in [0.25, 0.3) is 0 Å². The van der Waals surface area contributed by atoms with E-state index in [-0.39, 0.29) is 5.56 Å². The zero-order chi connectivity index (χ0) is 11.3. The Kier molecular flexibility index (Phi) is 5.07. The van der Waals surface area contributed by atoms with Crippen LogP contribution in [0.5, 0.6) is 0 Å². The molecule has 1 aromatic rings. The van der Waals surface area contributed by atoms with E-state index in [9.17, 15) is 4.79 Å². The SMILES string of the molecule is CCCCCN(C)c1nc[nH]c(=O)c1I. The van der Waals surface area contributed by atoms with Crippen LogP contribution in [0.1, 0.15) is 26.2 Å². The van der Waals surface area contributed by atoms with E-state index in [0.29, 0.717) is 3.57 Å². The van der Waals surface area contributed by atoms with Crippen LogP contribution in [-0.2, 0) is 0 Å². The van der Waals surface area contributed by atoms with Crippen molar-refractivity contribution in [1.29, 1.82) is 0 Å². The minimum Gasteiger partial charge on any atom is -0.359 e. The molecule has 0 unspecified atom stereocenters. The predicted molar refractivity (Wildman–Crippen MR) is 70.4 cm³/mol. The fraction of sp³-hybridized carbons (Fsp3) is 0.600. The number of unbranched alkanes of at least 4 members (excludes halogenated alkanes) is 2. The average Bonchev–Trinajstić information content (AvgIpc) is 2.22. The molecule has 0 radical (unpaired) electrons. The summed E-state index contributed by atoms with van der Waals surface area (Å²) in [4.78, 5) is 20.1. The highest BCUT2D eigenvalue weighted by atomic mass is 127. The lowest BCUT2D eigenvalue weighted by molar-refractivity contribution is 0.699. The van der Waals surface area contributed by atoms with Crippen LogP contribution >= 0.6 is 22.6 Å². The minimum atomic E-state index is -0.0667. The molecule has 0 aromatic carbocycles. The lowest BCUT2D eigenvalue weighted by Gasteiger charge is -2.18. The number of halogens is 1. The summed E-state index contributed by atoms with van der Waals surface area (Å²) < 4.78 is 0.661. The second-order valence-corrected chi connectivity index (χ2v) is 4.58. The van der Waals surface area contributed by atoms with Crippen molar-refractivity contribution in [1.82, 2.24) is 9.97 Å². The summed E-state index contributed by atoms with van der Waals surface area (Å²) in [5, 5.41) is 0. The molecule has 0 spiro atoms. The Morgan fingerprint density at radius 2 is 2.27 bits per heavy atom. The number of hydrogen-bond donors (Lipinski definition) is 1. The first-order valence-corrected chi connectivity index (χ1v) is 6.19. The molecule has 0 saturated heterocycles. The number of aromatic nitrogens is 2. The third-order valence-corrected chi connectivity index (χ3v) is 3.21. The molecule has 0 aliphatic heterocycles. The second kappa shape index (κ2) is 6.09. The first kappa shape index (κ1) is 12.5. The maximum absolute atomic E-state index is 11.3. The number of hydrogen-bond acceptors (Lipinski definition) is 3. The standard InChI is InChI=1S/C10H16IN3O/c1-3-4-5-6-14(2)9-8(11)10(15)13-7-12-9/h7H,3-6H2,1-2H3,(H,12,13,15). The van der Waals surface area contributed by atoms with Crippen LogP contribution in [0.4, 0.5) is 5.82 Å². The van der Waals surface area contributed by atoms with Gasteiger partial charge in [-0.25, -0.2) is 4.98 Å². The maximum Gasteiger partial charge on any atom is 0.266 e. The molecule has 0 saturated carbocycles. The largest absolute Gasteiger partial charge is 0.359 e. The Hall–Kier alpha value is -0.590. The van der Waals surface area contributed by atoms with Crippen molar-refractivity contribution in [3.8, 4) is 0 Å². The van der Waals surface area contributed by atoms with Gasteiger partial charge in [0.05, 0.1) is 6.33 Å². The van der Waals surface area contributed by atoms with E-state index in [1.165, 1.54) is 19.2 Å². The first-order valence-electron chi connectivity index (χ1n) is 5.11. The molecule has 5 heteroatoms. The van der Waals surface area contributed by atoms with Gasteiger partial charge in [-0.3, -0.25) is 4.79 Å². The van der Waals surface area contributed by atoms with Gasteiger partial charge >= 0.3 is 0 Å². The lowest BCUT2D eigenvalue weighted by Crippen LogP contribution is -2.24. The van der Waals surface area contributed by atoms with Crippen LogP contribution in [0.3, 0.4) is 0 Å². The van der Waals surface area contributed by atoms with E-state index in [1.807, 2.05) is 34.5 Å². The van der Waals surface area contributed by atoms with Gasteiger partial charge in [-0.1, -0.05) is 19.8 Å². The molecule has 1 rings (SSSR count). The van der Waals surface area contributed by atoms with Gasteiger partial charge in [0.2, 0.25) is 0 Å². The summed E-state index contributed by atoms with van der Waals surface area (Å²) in [5.74, 6) is 0.774. The topological polar surface area (TPSA) is 49.0 Å². The highest BCUT2D eigenvalue weighted by Crippen LogP contribution is 2.14. The van der Waals surface area contributed by atoms with E-state index < -0.39 is 0 Å². The normalized spacial score (nSPS) is 10.3. The van der Waals surface area contributed by atoms with Gasteiger partial charge in [-0.05, 0) is 29.0 Å². The van der Waals surface area contributed by atoms with Crippen LogP contribution in [-0.4, -0.2) is 23.6 Å². The number of rotatable bonds is 5. The van der Waals surface area contributed by atoms with E-state index >= 15 is 0 Å². The molecule has 0 fully saturated rings. The van der Waals surface area contributed by atoms with E-state index in [4.69, 9.17) is 0 Å². The van der Waals surface area contributed by atoms with Crippen molar-refractivity contribution in [2.24, 2.45) is 0 Å². The predicted octanol–water partition coefficient (Wildman–Crippen LogP) is 2.00. The first-order chi connectivity index (χ1) is 7.16. The molecule has 1 heterocycles. The summed E-state index contributed by atoms with van der Waals surface area (Å²) in [6.07, 6.45) is 5.01. The molecule has 1 N–H and O–H groups in total. The Labute approximate surface area is 103 Å². The minimum absolute atomic E-state index is 0.0667. The Morgan fingerprint density at radius 1 is 1.53 bits per heavy atom. The van der Waals surface area contributed by atoms with Crippen molar-refractivity contribution in [3.63, 3.8) is 0 Å². The number of H-pyrrole nitrogens is 1. The highest BCUT2D eigenvalue weighted by molar-refractivity contribution is 14.1. The van der Waals surface area contributed by atoms with Crippen molar-refractivity contribution in [2.75, 3.05) is 18.5 Å². The molecular formula is C10H16IN3O. The lowest BCUT2D eigenvalue weighted by atomic mass is 10.2. The molecule has 0 atom stereocenters. The highest BCUT2D eigenvalue weighted by Gasteiger charge is 2.09. The van der Waals surface area contributed by atoms with Crippen LogP contribution in [0.15, 0.2) is 11.1 Å². The summed E-state index contributed by atoms with van der Waals surface area (Å²) in [5.41, 5.74) is -0.0667. The monoisotopic (exact) mass is 321 g/mol. The number of anilines is 1. The van der Waals surface area contributed by atoms with Gasteiger partial charge in [-0.15, -0.1) is 0 Å². The van der Waals surface area contributed by atoms with Crippen LogP contribution < -0.4 is 10.5 Å². The van der Waals surface area contributed by atoms with Crippen LogP contribution in [0, 0.1) is 3.57 Å². The summed E-state index contributed by atoms with van der Waals surface area (Å²) >= 11 is 2.03. The third kappa shape index (κ3) is 3.48. The zero-order valence-electron chi connectivity index (χ0n) is 9.09. The smallest absolute Gasteiger partial charge is 0.266 e. The van der Waals surface area contributed by atoms with E-state index in [1.54, 1.807) is 0 Å². The number of nitrogens with zero attached hydrogens (tertiary/aromatic N) is 2. The molecule has 0 amide bonds. The summed E-state index contributed by atoms with van der Waals surface area (Å²) in [7, 11) is 1.97. The van der Waals surface area contributed by atoms with Gasteiger partial charge in [0.15, 0.2) is 0 Å². The Balaban J connectivity index is 2.69. The van der Waals surface area contributed by atoms with E-state index in [0.717, 1.165) is 18.8 Å². The van der Waals surface area contributed by atoms with Crippen molar-refractivity contribution in [2.45, 2.75) is 26.2 Å². The van der Waals surface area contributed by atoms with Crippen LogP contribution in [0.2, 0.25) is 0 Å². The fourth-order valence-corrected chi connectivity index (χ4v) is 2.05. The Bertz CT molecular complexity index is 364. The maximum atomic E-state index is 11.3. The quantitative estimate of drug-likeness (QED) is 0.667. The van der Waals surface area contributed by atoms with Gasteiger partial charge in [-0.2, -0.15) is 0 Å². The van der Waals surface area contributed by atoms with Gasteiger partial charge in [0.25, 0.3) is 5.56 Å². The van der Waals surface area contributed by atoms with Gasteiger partial charge in [0.1, 0.15) is 9.39 Å². The zero-order valence-corrected chi connectivity index (χ0v) is 11.2. The van der Waals surface area contributed by atoms with Gasteiger partial charge in [0, 0.05) is 13.6 Å². The molecule has 4 nitrogen and oxygen atoms in total. The van der Waals surface area contributed by atoms with Crippen molar-refractivity contribution >= 4 is 28.4 Å².